The van der Waals surface area contributed by atoms with Crippen molar-refractivity contribution in [1.29, 1.82) is 0 Å². The topological polar surface area (TPSA) is 67.5 Å². The number of hydrogen-bond donors (Lipinski definition) is 1. The second-order valence-electron chi connectivity index (χ2n) is 5.97. The van der Waals surface area contributed by atoms with Crippen LogP contribution in [0.1, 0.15) is 23.2 Å². The predicted molar refractivity (Wildman–Crippen MR) is 85.7 cm³/mol. The van der Waals surface area contributed by atoms with Gasteiger partial charge in [0.1, 0.15) is 6.10 Å². The lowest BCUT2D eigenvalue weighted by Crippen LogP contribution is -2.49. The summed E-state index contributed by atoms with van der Waals surface area (Å²) < 4.78 is 11.5. The summed E-state index contributed by atoms with van der Waals surface area (Å²) in [6, 6.07) is 3.59. The number of fused-ring (bicyclic) bond motifs is 1. The Morgan fingerprint density at radius 1 is 1.30 bits per heavy atom. The lowest BCUT2D eigenvalue weighted by Gasteiger charge is -2.35. The van der Waals surface area contributed by atoms with Crippen LogP contribution in [-0.4, -0.2) is 59.5 Å². The Labute approximate surface area is 138 Å². The summed E-state index contributed by atoms with van der Waals surface area (Å²) in [6.07, 6.45) is 3.76. The minimum atomic E-state index is -0.0869. The molecule has 0 radical (unpaired) electrons. The molecule has 2 aliphatic heterocycles. The van der Waals surface area contributed by atoms with Gasteiger partial charge < -0.3 is 14.4 Å². The van der Waals surface area contributed by atoms with Crippen LogP contribution in [0.25, 0.3) is 10.9 Å². The molecule has 1 N–H and O–H groups in total. The first-order valence-corrected chi connectivity index (χ1v) is 8.26. The number of morpholine rings is 1. The van der Waals surface area contributed by atoms with Crippen molar-refractivity contribution >= 4 is 28.4 Å². The number of halogens is 1. The van der Waals surface area contributed by atoms with Gasteiger partial charge in [0.2, 0.25) is 0 Å². The van der Waals surface area contributed by atoms with Crippen LogP contribution in [0, 0.1) is 0 Å². The molecule has 1 amide bonds. The third-order valence-corrected chi connectivity index (χ3v) is 4.86. The second kappa shape index (κ2) is 6.11. The number of nitrogens with one attached hydrogen (secondary N) is 1. The van der Waals surface area contributed by atoms with E-state index in [4.69, 9.17) is 21.1 Å². The highest BCUT2D eigenvalue weighted by molar-refractivity contribution is 6.35. The molecule has 7 heteroatoms. The number of rotatable bonds is 2. The van der Waals surface area contributed by atoms with Crippen LogP contribution >= 0.6 is 11.6 Å². The first-order chi connectivity index (χ1) is 11.2. The predicted octanol–water partition coefficient (Wildman–Crippen LogP) is 2.24. The number of amides is 1. The minimum absolute atomic E-state index is 0.0602. The molecule has 23 heavy (non-hydrogen) atoms. The summed E-state index contributed by atoms with van der Waals surface area (Å²) in [5.41, 5.74) is 1.16. The number of nitrogens with zero attached hydrogens (tertiary/aromatic N) is 2. The summed E-state index contributed by atoms with van der Waals surface area (Å²) in [5.74, 6) is -0.0869. The normalized spacial score (nSPS) is 25.2. The van der Waals surface area contributed by atoms with E-state index in [1.165, 1.54) is 0 Å². The molecule has 4 rings (SSSR count). The van der Waals surface area contributed by atoms with E-state index in [0.717, 1.165) is 24.8 Å². The highest BCUT2D eigenvalue weighted by Gasteiger charge is 2.34. The van der Waals surface area contributed by atoms with Crippen LogP contribution in [-0.2, 0) is 9.47 Å². The molecule has 2 unspecified atom stereocenters. The maximum Gasteiger partial charge on any atom is 0.257 e. The number of hydrogen-bond acceptors (Lipinski definition) is 4. The number of aromatic amines is 1. The molecular weight excluding hydrogens is 318 g/mol. The molecule has 3 heterocycles. The number of carbonyl (C=O) groups is 1. The molecule has 2 saturated heterocycles. The van der Waals surface area contributed by atoms with Gasteiger partial charge in [-0.15, -0.1) is 0 Å². The average molecular weight is 336 g/mol. The molecule has 2 atom stereocenters. The van der Waals surface area contributed by atoms with Crippen molar-refractivity contribution in [2.24, 2.45) is 0 Å². The fourth-order valence-corrected chi connectivity index (χ4v) is 3.57. The molecule has 1 aromatic heterocycles. The molecule has 2 aromatic rings. The van der Waals surface area contributed by atoms with E-state index in [-0.39, 0.29) is 18.1 Å². The summed E-state index contributed by atoms with van der Waals surface area (Å²) >= 11 is 6.29. The van der Waals surface area contributed by atoms with E-state index in [2.05, 4.69) is 10.2 Å². The maximum absolute atomic E-state index is 13.0. The van der Waals surface area contributed by atoms with Crippen LogP contribution in [0.15, 0.2) is 18.3 Å². The fraction of sp³-hybridized carbons (Fsp3) is 0.500. The van der Waals surface area contributed by atoms with Crippen molar-refractivity contribution in [2.75, 3.05) is 26.3 Å². The van der Waals surface area contributed by atoms with Crippen molar-refractivity contribution < 1.29 is 14.3 Å². The Morgan fingerprint density at radius 3 is 3.00 bits per heavy atom. The van der Waals surface area contributed by atoms with Gasteiger partial charge >= 0.3 is 0 Å². The van der Waals surface area contributed by atoms with E-state index in [9.17, 15) is 4.79 Å². The van der Waals surface area contributed by atoms with Crippen molar-refractivity contribution in [2.45, 2.75) is 25.0 Å². The first-order valence-electron chi connectivity index (χ1n) is 7.88. The van der Waals surface area contributed by atoms with Gasteiger partial charge in [0.15, 0.2) is 0 Å². The Balaban J connectivity index is 1.60. The van der Waals surface area contributed by atoms with Gasteiger partial charge in [-0.05, 0) is 25.0 Å². The molecule has 2 aliphatic rings. The van der Waals surface area contributed by atoms with E-state index < -0.39 is 0 Å². The molecule has 122 valence electrons. The summed E-state index contributed by atoms with van der Waals surface area (Å²) in [4.78, 5) is 14.8. The summed E-state index contributed by atoms with van der Waals surface area (Å²) in [5, 5.41) is 8.20. The van der Waals surface area contributed by atoms with E-state index in [0.29, 0.717) is 35.8 Å². The first kappa shape index (κ1) is 14.9. The Kier molecular flexibility index (Phi) is 3.97. The molecule has 2 fully saturated rings. The van der Waals surface area contributed by atoms with Crippen LogP contribution < -0.4 is 0 Å². The molecule has 1 aromatic carbocycles. The number of carbonyl (C=O) groups excluding carboxylic acids is 1. The van der Waals surface area contributed by atoms with E-state index in [1.54, 1.807) is 17.2 Å². The van der Waals surface area contributed by atoms with Gasteiger partial charge in [-0.1, -0.05) is 11.6 Å². The van der Waals surface area contributed by atoms with Gasteiger partial charge in [0.05, 0.1) is 35.0 Å². The van der Waals surface area contributed by atoms with Gasteiger partial charge in [-0.2, -0.15) is 5.10 Å². The number of ether oxygens (including phenoxy) is 2. The number of aromatic nitrogens is 2. The highest BCUT2D eigenvalue weighted by atomic mass is 35.5. The standard InChI is InChI=1S/C16H18ClN3O3/c17-11-4-3-10-8-18-19-15(10)14(11)16(21)20-5-7-23-13(9-20)12-2-1-6-22-12/h3-4,8,12-13H,1-2,5-7,9H2,(H,18,19). The van der Waals surface area contributed by atoms with Crippen molar-refractivity contribution in [3.8, 4) is 0 Å². The minimum Gasteiger partial charge on any atom is -0.375 e. The second-order valence-corrected chi connectivity index (χ2v) is 6.38. The molecule has 0 spiro atoms. The van der Waals surface area contributed by atoms with Gasteiger partial charge in [0, 0.05) is 25.1 Å². The zero-order valence-electron chi connectivity index (χ0n) is 12.6. The largest absolute Gasteiger partial charge is 0.375 e. The SMILES string of the molecule is O=C(c1c(Cl)ccc2cn[nH]c12)N1CCOC(C2CCCO2)C1. The molecule has 0 saturated carbocycles. The van der Waals surface area contributed by atoms with E-state index >= 15 is 0 Å². The molecule has 6 nitrogen and oxygen atoms in total. The Morgan fingerprint density at radius 2 is 2.17 bits per heavy atom. The molecule has 0 bridgehead atoms. The van der Waals surface area contributed by atoms with Gasteiger partial charge in [-0.25, -0.2) is 0 Å². The number of benzene rings is 1. The number of H-pyrrole nitrogens is 1. The third kappa shape index (κ3) is 2.71. The summed E-state index contributed by atoms with van der Waals surface area (Å²) in [7, 11) is 0. The van der Waals surface area contributed by atoms with Crippen molar-refractivity contribution in [1.82, 2.24) is 15.1 Å². The lowest BCUT2D eigenvalue weighted by molar-refractivity contribution is -0.0867. The average Bonchev–Trinajstić information content (AvgIpc) is 3.26. The van der Waals surface area contributed by atoms with Crippen molar-refractivity contribution in [3.63, 3.8) is 0 Å². The van der Waals surface area contributed by atoms with Crippen molar-refractivity contribution in [3.05, 3.63) is 28.9 Å². The van der Waals surface area contributed by atoms with Crippen LogP contribution in [0.2, 0.25) is 5.02 Å². The van der Waals surface area contributed by atoms with Gasteiger partial charge in [-0.3, -0.25) is 9.89 Å². The van der Waals surface area contributed by atoms with Crippen LogP contribution in [0.3, 0.4) is 0 Å². The smallest absolute Gasteiger partial charge is 0.257 e. The van der Waals surface area contributed by atoms with Gasteiger partial charge in [0.25, 0.3) is 5.91 Å². The van der Waals surface area contributed by atoms with Crippen LogP contribution in [0.5, 0.6) is 0 Å². The van der Waals surface area contributed by atoms with E-state index in [1.807, 2.05) is 6.07 Å². The maximum atomic E-state index is 13.0. The quantitative estimate of drug-likeness (QED) is 0.914. The van der Waals surface area contributed by atoms with Crippen LogP contribution in [0.4, 0.5) is 0 Å². The zero-order valence-corrected chi connectivity index (χ0v) is 13.4. The molecular formula is C16H18ClN3O3. The monoisotopic (exact) mass is 335 g/mol. The lowest BCUT2D eigenvalue weighted by atomic mass is 10.1. The highest BCUT2D eigenvalue weighted by Crippen LogP contribution is 2.27. The Bertz CT molecular complexity index is 726. The fourth-order valence-electron chi connectivity index (χ4n) is 3.34. The summed E-state index contributed by atoms with van der Waals surface area (Å²) in [6.45, 7) is 2.39. The zero-order chi connectivity index (χ0) is 15.8. The Hall–Kier alpha value is -1.63. The third-order valence-electron chi connectivity index (χ3n) is 4.54. The molecule has 0 aliphatic carbocycles.